The van der Waals surface area contributed by atoms with Crippen LogP contribution in [-0.4, -0.2) is 64.8 Å². The van der Waals surface area contributed by atoms with Gasteiger partial charge in [0, 0.05) is 42.1 Å². The number of benzene rings is 2. The molecule has 3 aromatic rings. The second kappa shape index (κ2) is 12.5. The van der Waals surface area contributed by atoms with Gasteiger partial charge in [-0.2, -0.15) is 4.31 Å². The number of halogens is 3. The minimum Gasteiger partial charge on any atom is -0.480 e. The van der Waals surface area contributed by atoms with Crippen molar-refractivity contribution in [3.8, 4) is 0 Å². The zero-order valence-electron chi connectivity index (χ0n) is 22.1. The molecular formula is C27H26Cl3N5O6S. The number of hydrogen-bond acceptors (Lipinski definition) is 7. The van der Waals surface area contributed by atoms with E-state index in [2.05, 4.69) is 15.6 Å². The average molecular weight is 655 g/mol. The Bertz CT molecular complexity index is 1620. The fraction of sp³-hybridized carbons (Fsp3) is 0.259. The van der Waals surface area contributed by atoms with Crippen molar-refractivity contribution >= 4 is 68.3 Å². The van der Waals surface area contributed by atoms with Gasteiger partial charge < -0.3 is 21.5 Å². The van der Waals surface area contributed by atoms with Crippen LogP contribution in [0.2, 0.25) is 15.1 Å². The molecule has 1 aliphatic rings. The van der Waals surface area contributed by atoms with Crippen molar-refractivity contribution in [3.63, 3.8) is 0 Å². The number of pyridine rings is 1. The summed E-state index contributed by atoms with van der Waals surface area (Å²) in [5.41, 5.74) is 5.39. The van der Waals surface area contributed by atoms with Crippen LogP contribution in [0.15, 0.2) is 65.8 Å². The van der Waals surface area contributed by atoms with Crippen molar-refractivity contribution < 1.29 is 27.9 Å². The smallest absolute Gasteiger partial charge is 0.326 e. The molecule has 5 N–H and O–H groups in total. The normalized spacial score (nSPS) is 19.7. The molecule has 15 heteroatoms. The van der Waals surface area contributed by atoms with E-state index in [0.717, 1.165) is 4.31 Å². The van der Waals surface area contributed by atoms with Crippen LogP contribution in [0.5, 0.6) is 0 Å². The summed E-state index contributed by atoms with van der Waals surface area (Å²) in [5, 5.41) is 15.4. The van der Waals surface area contributed by atoms with Gasteiger partial charge in [-0.1, -0.05) is 53.0 Å². The number of nitrogens with zero attached hydrogens (tertiary/aromatic N) is 2. The second-order valence-electron chi connectivity index (χ2n) is 9.93. The van der Waals surface area contributed by atoms with E-state index in [-0.39, 0.29) is 44.9 Å². The number of carboxylic acids is 1. The Kier molecular flexibility index (Phi) is 9.46. The highest BCUT2D eigenvalue weighted by Gasteiger charge is 2.53. The first kappa shape index (κ1) is 31.7. The first-order chi connectivity index (χ1) is 19.7. The Labute approximate surface area is 257 Å². The molecule has 0 bridgehead atoms. The molecule has 1 fully saturated rings. The predicted octanol–water partition coefficient (Wildman–Crippen LogP) is 3.59. The molecule has 3 atom stereocenters. The third-order valence-corrected chi connectivity index (χ3v) is 9.61. The molecule has 0 radical (unpaired) electrons. The third kappa shape index (κ3) is 6.69. The lowest BCUT2D eigenvalue weighted by Crippen LogP contribution is -2.58. The summed E-state index contributed by atoms with van der Waals surface area (Å²) >= 11 is 18.1. The van der Waals surface area contributed by atoms with Crippen LogP contribution < -0.4 is 16.4 Å². The number of aromatic nitrogens is 1. The minimum absolute atomic E-state index is 0.0229. The van der Waals surface area contributed by atoms with Gasteiger partial charge in [0.15, 0.2) is 0 Å². The number of amides is 2. The van der Waals surface area contributed by atoms with Gasteiger partial charge in [0.05, 0.1) is 20.5 Å². The van der Waals surface area contributed by atoms with Crippen molar-refractivity contribution in [2.75, 3.05) is 11.9 Å². The zero-order chi connectivity index (χ0) is 30.8. The molecule has 0 spiro atoms. The maximum atomic E-state index is 13.5. The van der Waals surface area contributed by atoms with E-state index >= 15 is 0 Å². The first-order valence-corrected chi connectivity index (χ1v) is 15.1. The van der Waals surface area contributed by atoms with Gasteiger partial charge in [-0.15, -0.1) is 0 Å². The number of sulfonamides is 1. The van der Waals surface area contributed by atoms with Crippen molar-refractivity contribution in [1.29, 1.82) is 0 Å². The van der Waals surface area contributed by atoms with Gasteiger partial charge >= 0.3 is 5.97 Å². The van der Waals surface area contributed by atoms with Gasteiger partial charge in [-0.05, 0) is 49.2 Å². The highest BCUT2D eigenvalue weighted by Crippen LogP contribution is 2.35. The molecule has 1 saturated heterocycles. The van der Waals surface area contributed by atoms with Gasteiger partial charge in [-0.3, -0.25) is 14.6 Å². The maximum absolute atomic E-state index is 13.5. The van der Waals surface area contributed by atoms with E-state index in [0.29, 0.717) is 11.3 Å². The number of carbonyl (C=O) groups is 3. The Morgan fingerprint density at radius 3 is 2.36 bits per heavy atom. The highest BCUT2D eigenvalue weighted by atomic mass is 35.5. The number of aliphatic carboxylic acids is 1. The van der Waals surface area contributed by atoms with Gasteiger partial charge in [0.2, 0.25) is 15.9 Å². The SMILES string of the molecule is CC1(C(=O)N[C@@H](Cc2ccc(NC(=O)c3c(Cl)cncc3Cl)cc2)C(=O)O)C[C@@H](N)CN1S(=O)(=O)c1cccc(Cl)c1. The summed E-state index contributed by atoms with van der Waals surface area (Å²) in [7, 11) is -4.20. The number of nitrogens with two attached hydrogens (primary N) is 1. The minimum atomic E-state index is -4.20. The van der Waals surface area contributed by atoms with Gasteiger partial charge in [0.1, 0.15) is 11.6 Å². The van der Waals surface area contributed by atoms with Crippen LogP contribution in [0.1, 0.15) is 29.3 Å². The molecule has 2 heterocycles. The zero-order valence-corrected chi connectivity index (χ0v) is 25.1. The average Bonchev–Trinajstić information content (AvgIpc) is 3.25. The monoisotopic (exact) mass is 653 g/mol. The van der Waals surface area contributed by atoms with Crippen LogP contribution in [0.4, 0.5) is 5.69 Å². The summed E-state index contributed by atoms with van der Waals surface area (Å²) in [6.45, 7) is 1.27. The van der Waals surface area contributed by atoms with Gasteiger partial charge in [-0.25, -0.2) is 13.2 Å². The Balaban J connectivity index is 1.49. The van der Waals surface area contributed by atoms with Crippen LogP contribution >= 0.6 is 34.8 Å². The number of hydrogen-bond donors (Lipinski definition) is 4. The number of carboxylic acid groups (broad SMARTS) is 1. The largest absolute Gasteiger partial charge is 0.480 e. The molecule has 42 heavy (non-hydrogen) atoms. The van der Waals surface area contributed by atoms with E-state index in [1.807, 2.05) is 0 Å². The summed E-state index contributed by atoms with van der Waals surface area (Å²) in [5.74, 6) is -2.68. The first-order valence-electron chi connectivity index (χ1n) is 12.5. The highest BCUT2D eigenvalue weighted by molar-refractivity contribution is 7.89. The lowest BCUT2D eigenvalue weighted by molar-refractivity contribution is -0.143. The van der Waals surface area contributed by atoms with Crippen LogP contribution in [0.3, 0.4) is 0 Å². The lowest BCUT2D eigenvalue weighted by Gasteiger charge is -2.33. The van der Waals surface area contributed by atoms with Crippen LogP contribution in [0, 0.1) is 0 Å². The van der Waals surface area contributed by atoms with Crippen LogP contribution in [-0.2, 0) is 26.0 Å². The number of nitrogens with one attached hydrogen (secondary N) is 2. The van der Waals surface area contributed by atoms with E-state index in [9.17, 15) is 27.9 Å². The number of anilines is 1. The standard InChI is InChI=1S/C27H26Cl3N5O6S/c1-27(11-17(31)14-35(27)42(40,41)19-4-2-3-16(28)10-19)26(39)34-22(25(37)38)9-15-5-7-18(8-6-15)33-24(36)23-20(29)12-32-13-21(23)30/h2-8,10,12-13,17,22H,9,11,14,31H2,1H3,(H,33,36)(H,34,39)(H,37,38)/t17-,22+,27?/m1/s1. The van der Waals surface area contributed by atoms with Crippen molar-refractivity contribution in [3.05, 3.63) is 87.1 Å². The molecular weight excluding hydrogens is 629 g/mol. The Morgan fingerprint density at radius 1 is 1.12 bits per heavy atom. The number of rotatable bonds is 9. The Hall–Kier alpha value is -3.26. The molecule has 11 nitrogen and oxygen atoms in total. The predicted molar refractivity (Wildman–Crippen MR) is 158 cm³/mol. The molecule has 1 aliphatic heterocycles. The van der Waals surface area contributed by atoms with E-state index in [1.54, 1.807) is 24.3 Å². The van der Waals surface area contributed by atoms with Crippen LogP contribution in [0.25, 0.3) is 0 Å². The molecule has 222 valence electrons. The van der Waals surface area contributed by atoms with Crippen molar-refractivity contribution in [2.24, 2.45) is 5.73 Å². The molecule has 4 rings (SSSR count). The summed E-state index contributed by atoms with van der Waals surface area (Å²) < 4.78 is 27.9. The van der Waals surface area contributed by atoms with E-state index in [4.69, 9.17) is 40.5 Å². The maximum Gasteiger partial charge on any atom is 0.326 e. The van der Waals surface area contributed by atoms with E-state index in [1.165, 1.54) is 43.6 Å². The molecule has 2 aromatic carbocycles. The molecule has 1 unspecified atom stereocenters. The number of carbonyl (C=O) groups excluding carboxylic acids is 2. The summed E-state index contributed by atoms with van der Waals surface area (Å²) in [4.78, 5) is 41.9. The van der Waals surface area contributed by atoms with Crippen molar-refractivity contribution in [2.45, 2.75) is 42.3 Å². The van der Waals surface area contributed by atoms with Crippen molar-refractivity contribution in [1.82, 2.24) is 14.6 Å². The third-order valence-electron chi connectivity index (χ3n) is 6.82. The fourth-order valence-electron chi connectivity index (χ4n) is 4.71. The quantitative estimate of drug-likeness (QED) is 0.271. The molecule has 0 saturated carbocycles. The molecule has 1 aromatic heterocycles. The fourth-order valence-corrected chi connectivity index (χ4v) is 7.36. The van der Waals surface area contributed by atoms with Gasteiger partial charge in [0.25, 0.3) is 5.91 Å². The van der Waals surface area contributed by atoms with E-state index < -0.39 is 45.4 Å². The molecule has 2 amide bonds. The molecule has 0 aliphatic carbocycles. The second-order valence-corrected chi connectivity index (χ2v) is 13.0. The lowest BCUT2D eigenvalue weighted by atomic mass is 9.96. The Morgan fingerprint density at radius 2 is 1.76 bits per heavy atom. The summed E-state index contributed by atoms with van der Waals surface area (Å²) in [6.07, 6.45) is 2.43. The topological polar surface area (TPSA) is 172 Å². The summed E-state index contributed by atoms with van der Waals surface area (Å²) in [6, 6.07) is 9.83.